The van der Waals surface area contributed by atoms with Crippen molar-refractivity contribution in [2.24, 2.45) is 0 Å². The number of imidazole rings is 2. The Bertz CT molecular complexity index is 1670. The van der Waals surface area contributed by atoms with Gasteiger partial charge in [-0.05, 0) is 12.1 Å². The molecule has 1 amide bonds. The molecule has 2 aliphatic rings. The Labute approximate surface area is 261 Å². The summed E-state index contributed by atoms with van der Waals surface area (Å²) in [5, 5.41) is 32.6. The number of amides is 1. The third-order valence-corrected chi connectivity index (χ3v) is 5.96. The first-order valence-electron chi connectivity index (χ1n) is 13.4. The predicted molar refractivity (Wildman–Crippen MR) is 165 cm³/mol. The van der Waals surface area contributed by atoms with Crippen molar-refractivity contribution in [1.82, 2.24) is 19.9 Å². The first-order valence-corrected chi connectivity index (χ1v) is 13.4. The number of benzene rings is 2. The quantitative estimate of drug-likeness (QED) is 0.135. The van der Waals surface area contributed by atoms with Crippen molar-refractivity contribution in [3.8, 4) is 11.5 Å². The van der Waals surface area contributed by atoms with Crippen LogP contribution in [0.4, 0.5) is 22.7 Å². The average molecular weight is 635 g/mol. The summed E-state index contributed by atoms with van der Waals surface area (Å²) in [6.07, 6.45) is 6.20. The zero-order valence-corrected chi connectivity index (χ0v) is 24.4. The summed E-state index contributed by atoms with van der Waals surface area (Å²) in [6.45, 7) is 8.26. The number of carbonyl (C=O) groups excluding carboxylic acids is 1. The highest BCUT2D eigenvalue weighted by Crippen LogP contribution is 2.35. The lowest BCUT2D eigenvalue weighted by atomic mass is 10.2. The maximum absolute atomic E-state index is 12.4. The molecule has 240 valence electrons. The number of ether oxygens (including phenoxy) is 2. The van der Waals surface area contributed by atoms with Crippen LogP contribution in [0.15, 0.2) is 80.3 Å². The van der Waals surface area contributed by atoms with Crippen LogP contribution in [0.2, 0.25) is 0 Å². The van der Waals surface area contributed by atoms with E-state index in [1.54, 1.807) is 12.3 Å². The number of carboxylic acids is 1. The Morgan fingerprint density at radius 1 is 0.913 bits per heavy atom. The van der Waals surface area contributed by atoms with Gasteiger partial charge in [-0.2, -0.15) is 0 Å². The summed E-state index contributed by atoms with van der Waals surface area (Å²) in [4.78, 5) is 57.3. The fourth-order valence-electron chi connectivity index (χ4n) is 4.00. The van der Waals surface area contributed by atoms with Crippen molar-refractivity contribution in [3.63, 3.8) is 0 Å². The van der Waals surface area contributed by atoms with E-state index >= 15 is 0 Å². The Kier molecular flexibility index (Phi) is 12.6. The van der Waals surface area contributed by atoms with Gasteiger partial charge in [0.1, 0.15) is 24.7 Å². The SMILES string of the molecule is C=C=C.O=C(Cc1cnc[nH]1)N1CCOc2ccc([N+](=O)[O-])cc21.O=C(O)Cc1cnc[nH]1.O=[N+]([O-])c1ccc2c(c1)NCCO2. The summed E-state index contributed by atoms with van der Waals surface area (Å²) >= 11 is 0. The van der Waals surface area contributed by atoms with Crippen LogP contribution >= 0.6 is 0 Å². The van der Waals surface area contributed by atoms with Gasteiger partial charge in [-0.3, -0.25) is 29.8 Å². The fourth-order valence-corrected chi connectivity index (χ4v) is 4.00. The molecule has 46 heavy (non-hydrogen) atoms. The minimum Gasteiger partial charge on any atom is -0.490 e. The molecular formula is C29H30N8O9. The molecule has 0 saturated heterocycles. The molecule has 0 bridgehead atoms. The number of hydrogen-bond donors (Lipinski definition) is 4. The zero-order chi connectivity index (χ0) is 33.5. The molecule has 0 spiro atoms. The van der Waals surface area contributed by atoms with Crippen molar-refractivity contribution in [1.29, 1.82) is 0 Å². The highest BCUT2D eigenvalue weighted by Gasteiger charge is 2.26. The molecule has 4 heterocycles. The molecule has 0 fully saturated rings. The van der Waals surface area contributed by atoms with Gasteiger partial charge in [-0.1, -0.05) is 13.2 Å². The standard InChI is InChI=1S/C13H12N4O4.C8H8N2O3.C5H6N2O2.C3H4/c18-13(5-9-7-14-8-15-9)16-3-4-21-12-2-1-10(17(19)20)6-11(12)16;11-10(12)6-1-2-8-7(5-6)9-3-4-13-8;8-5(9)1-4-2-6-3-7-4;1-3-2/h1-2,6-8H,3-5H2,(H,14,15);1-2,5,9H,3-4H2;2-3H,1H2,(H,6,7)(H,8,9);1-2H2. The topological polar surface area (TPSA) is 232 Å². The normalized spacial score (nSPS) is 12.0. The maximum atomic E-state index is 12.4. The van der Waals surface area contributed by atoms with Gasteiger partial charge < -0.3 is 34.8 Å². The second-order valence-electron chi connectivity index (χ2n) is 9.17. The summed E-state index contributed by atoms with van der Waals surface area (Å²) in [7, 11) is 0. The molecule has 4 aromatic rings. The van der Waals surface area contributed by atoms with Gasteiger partial charge >= 0.3 is 5.97 Å². The molecular weight excluding hydrogens is 604 g/mol. The third kappa shape index (κ3) is 10.1. The number of anilines is 2. The molecule has 2 aromatic heterocycles. The molecule has 17 nitrogen and oxygen atoms in total. The monoisotopic (exact) mass is 634 g/mol. The van der Waals surface area contributed by atoms with Crippen LogP contribution in [-0.2, 0) is 22.4 Å². The number of nitro benzene ring substituents is 2. The predicted octanol–water partition coefficient (Wildman–Crippen LogP) is 3.68. The Morgan fingerprint density at radius 2 is 1.48 bits per heavy atom. The van der Waals surface area contributed by atoms with Gasteiger partial charge in [0.15, 0.2) is 0 Å². The van der Waals surface area contributed by atoms with Crippen molar-refractivity contribution in [2.45, 2.75) is 12.8 Å². The highest BCUT2D eigenvalue weighted by molar-refractivity contribution is 5.96. The van der Waals surface area contributed by atoms with E-state index in [4.69, 9.17) is 14.6 Å². The first kappa shape index (κ1) is 34.0. The molecule has 6 rings (SSSR count). The summed E-state index contributed by atoms with van der Waals surface area (Å²) in [5.41, 5.74) is 4.71. The lowest BCUT2D eigenvalue weighted by Crippen LogP contribution is -2.39. The largest absolute Gasteiger partial charge is 0.490 e. The van der Waals surface area contributed by atoms with Crippen LogP contribution in [0.25, 0.3) is 0 Å². The average Bonchev–Trinajstić information content (AvgIpc) is 3.75. The van der Waals surface area contributed by atoms with E-state index in [1.807, 2.05) is 0 Å². The zero-order valence-electron chi connectivity index (χ0n) is 24.4. The molecule has 0 atom stereocenters. The number of aromatic amines is 2. The number of aromatic nitrogens is 4. The molecule has 0 aliphatic carbocycles. The molecule has 2 aliphatic heterocycles. The van der Waals surface area contributed by atoms with Crippen molar-refractivity contribution in [2.75, 3.05) is 36.5 Å². The number of nitro groups is 2. The maximum Gasteiger partial charge on any atom is 0.309 e. The van der Waals surface area contributed by atoms with E-state index in [9.17, 15) is 29.8 Å². The Hall–Kier alpha value is -6.48. The highest BCUT2D eigenvalue weighted by atomic mass is 16.6. The Morgan fingerprint density at radius 3 is 2.04 bits per heavy atom. The number of hydrogen-bond acceptors (Lipinski definition) is 11. The third-order valence-electron chi connectivity index (χ3n) is 5.96. The smallest absolute Gasteiger partial charge is 0.309 e. The van der Waals surface area contributed by atoms with E-state index in [-0.39, 0.29) is 30.1 Å². The molecule has 17 heteroatoms. The van der Waals surface area contributed by atoms with Gasteiger partial charge in [0.25, 0.3) is 11.4 Å². The Balaban J connectivity index is 0.000000196. The summed E-state index contributed by atoms with van der Waals surface area (Å²) in [5.74, 6) is 0.144. The van der Waals surface area contributed by atoms with Crippen LogP contribution in [0, 0.1) is 20.2 Å². The number of nitrogens with zero attached hydrogens (tertiary/aromatic N) is 5. The number of H-pyrrole nitrogens is 2. The van der Waals surface area contributed by atoms with Gasteiger partial charge in [0.05, 0.1) is 53.3 Å². The fraction of sp³-hybridized carbons (Fsp3) is 0.207. The van der Waals surface area contributed by atoms with Gasteiger partial charge in [0.2, 0.25) is 5.91 Å². The number of carbonyl (C=O) groups is 2. The molecule has 4 N–H and O–H groups in total. The van der Waals surface area contributed by atoms with Crippen LogP contribution in [-0.4, -0.2) is 73.1 Å². The number of rotatable bonds is 6. The summed E-state index contributed by atoms with van der Waals surface area (Å²) < 4.78 is 10.7. The van der Waals surface area contributed by atoms with Crippen molar-refractivity contribution >= 4 is 34.6 Å². The van der Waals surface area contributed by atoms with Gasteiger partial charge in [0, 0.05) is 54.6 Å². The molecule has 0 saturated carbocycles. The lowest BCUT2D eigenvalue weighted by molar-refractivity contribution is -0.385. The van der Waals surface area contributed by atoms with Gasteiger partial charge in [-0.25, -0.2) is 9.97 Å². The number of nitrogens with one attached hydrogen (secondary N) is 3. The number of non-ortho nitro benzene ring substituents is 2. The minimum absolute atomic E-state index is 0.0139. The van der Waals surface area contributed by atoms with E-state index in [1.165, 1.54) is 54.1 Å². The van der Waals surface area contributed by atoms with Crippen molar-refractivity contribution in [3.05, 3.63) is 112 Å². The van der Waals surface area contributed by atoms with Crippen molar-refractivity contribution < 1.29 is 34.0 Å². The van der Waals surface area contributed by atoms with E-state index in [0.29, 0.717) is 60.6 Å². The first-order chi connectivity index (χ1) is 22.1. The minimum atomic E-state index is -0.848. The van der Waals surface area contributed by atoms with E-state index in [0.717, 1.165) is 0 Å². The van der Waals surface area contributed by atoms with Gasteiger partial charge in [-0.15, -0.1) is 5.73 Å². The molecule has 0 unspecified atom stereocenters. The number of aliphatic carboxylic acids is 1. The van der Waals surface area contributed by atoms with Crippen LogP contribution in [0.1, 0.15) is 11.4 Å². The molecule has 2 aromatic carbocycles. The lowest BCUT2D eigenvalue weighted by Gasteiger charge is -2.29. The number of fused-ring (bicyclic) bond motifs is 2. The second kappa shape index (κ2) is 17.0. The van der Waals surface area contributed by atoms with E-state index < -0.39 is 15.8 Å². The van der Waals surface area contributed by atoms with Crippen LogP contribution in [0.5, 0.6) is 11.5 Å². The van der Waals surface area contributed by atoms with E-state index in [2.05, 4.69) is 44.1 Å². The van der Waals surface area contributed by atoms with Crippen LogP contribution < -0.4 is 19.7 Å². The molecule has 0 radical (unpaired) electrons. The van der Waals surface area contributed by atoms with Crippen LogP contribution in [0.3, 0.4) is 0 Å². The second-order valence-corrected chi connectivity index (χ2v) is 9.17. The summed E-state index contributed by atoms with van der Waals surface area (Å²) in [6, 6.07) is 8.77. The number of carboxylic acid groups (broad SMARTS) is 1.